The first-order chi connectivity index (χ1) is 8.63. The number of halogens is 1. The molecule has 0 radical (unpaired) electrons. The molecule has 94 valence electrons. The normalized spacial score (nSPS) is 10.3. The van der Waals surface area contributed by atoms with Crippen molar-refractivity contribution in [2.75, 3.05) is 17.2 Å². The second-order valence-electron chi connectivity index (χ2n) is 3.75. The molecule has 0 spiro atoms. The van der Waals surface area contributed by atoms with Crippen molar-refractivity contribution in [2.24, 2.45) is 0 Å². The first-order valence-electron chi connectivity index (χ1n) is 5.54. The molecule has 0 saturated carbocycles. The van der Waals surface area contributed by atoms with Gasteiger partial charge in [0.05, 0.1) is 11.8 Å². The number of nitrogen functional groups attached to an aromatic ring is 1. The minimum Gasteiger partial charge on any atom is -0.452 e. The van der Waals surface area contributed by atoms with E-state index < -0.39 is 0 Å². The molecular formula is C13H13ClN2O2. The Hall–Kier alpha value is -1.94. The molecule has 2 N–H and O–H groups in total. The SMILES string of the molecule is CCN(C(=O)c1ccoc1Cl)c1ccc(N)cc1. The fraction of sp³-hybridized carbons (Fsp3) is 0.154. The molecule has 1 aromatic heterocycles. The number of rotatable bonds is 3. The van der Waals surface area contributed by atoms with E-state index in [1.807, 2.05) is 6.92 Å². The largest absolute Gasteiger partial charge is 0.452 e. The molecule has 0 aliphatic carbocycles. The van der Waals surface area contributed by atoms with Crippen molar-refractivity contribution >= 4 is 28.9 Å². The van der Waals surface area contributed by atoms with Gasteiger partial charge in [0.25, 0.3) is 5.91 Å². The Kier molecular flexibility index (Phi) is 3.58. The molecule has 2 aromatic rings. The number of hydrogen-bond donors (Lipinski definition) is 1. The molecule has 1 heterocycles. The number of benzene rings is 1. The number of furan rings is 1. The highest BCUT2D eigenvalue weighted by Gasteiger charge is 2.20. The Labute approximate surface area is 110 Å². The van der Waals surface area contributed by atoms with Gasteiger partial charge in [-0.15, -0.1) is 0 Å². The van der Waals surface area contributed by atoms with E-state index in [0.717, 1.165) is 5.69 Å². The van der Waals surface area contributed by atoms with Crippen molar-refractivity contribution in [1.29, 1.82) is 0 Å². The lowest BCUT2D eigenvalue weighted by molar-refractivity contribution is 0.0988. The van der Waals surface area contributed by atoms with Crippen LogP contribution in [0.15, 0.2) is 41.0 Å². The fourth-order valence-electron chi connectivity index (χ4n) is 1.69. The van der Waals surface area contributed by atoms with Crippen LogP contribution in [-0.2, 0) is 0 Å². The zero-order chi connectivity index (χ0) is 13.1. The predicted octanol–water partition coefficient (Wildman–Crippen LogP) is 3.18. The Morgan fingerprint density at radius 3 is 2.50 bits per heavy atom. The van der Waals surface area contributed by atoms with Crippen molar-refractivity contribution in [3.05, 3.63) is 47.4 Å². The summed E-state index contributed by atoms with van der Waals surface area (Å²) < 4.78 is 4.93. The third kappa shape index (κ3) is 2.33. The summed E-state index contributed by atoms with van der Waals surface area (Å²) in [6, 6.07) is 8.66. The number of nitrogens with two attached hydrogens (primary N) is 1. The van der Waals surface area contributed by atoms with Gasteiger partial charge in [-0.2, -0.15) is 0 Å². The van der Waals surface area contributed by atoms with Crippen LogP contribution in [0.25, 0.3) is 0 Å². The lowest BCUT2D eigenvalue weighted by atomic mass is 10.2. The first kappa shape index (κ1) is 12.5. The predicted molar refractivity (Wildman–Crippen MR) is 71.9 cm³/mol. The van der Waals surface area contributed by atoms with Crippen LogP contribution in [0.2, 0.25) is 5.22 Å². The van der Waals surface area contributed by atoms with Crippen LogP contribution < -0.4 is 10.6 Å². The van der Waals surface area contributed by atoms with Crippen LogP contribution in [0.5, 0.6) is 0 Å². The summed E-state index contributed by atoms with van der Waals surface area (Å²) in [6.45, 7) is 2.42. The van der Waals surface area contributed by atoms with Gasteiger partial charge in [0.15, 0.2) is 0 Å². The van der Waals surface area contributed by atoms with E-state index in [9.17, 15) is 4.79 Å². The molecular weight excluding hydrogens is 252 g/mol. The highest BCUT2D eigenvalue weighted by Crippen LogP contribution is 2.23. The Morgan fingerprint density at radius 2 is 2.00 bits per heavy atom. The summed E-state index contributed by atoms with van der Waals surface area (Å²) in [4.78, 5) is 13.9. The molecule has 0 saturated heterocycles. The molecule has 1 amide bonds. The highest BCUT2D eigenvalue weighted by atomic mass is 35.5. The number of nitrogens with zero attached hydrogens (tertiary/aromatic N) is 1. The number of carbonyl (C=O) groups excluding carboxylic acids is 1. The summed E-state index contributed by atoms with van der Waals surface area (Å²) >= 11 is 5.81. The number of hydrogen-bond acceptors (Lipinski definition) is 3. The number of carbonyl (C=O) groups is 1. The molecule has 18 heavy (non-hydrogen) atoms. The molecule has 5 heteroatoms. The van der Waals surface area contributed by atoms with Crippen LogP contribution >= 0.6 is 11.6 Å². The first-order valence-corrected chi connectivity index (χ1v) is 5.91. The average molecular weight is 265 g/mol. The summed E-state index contributed by atoms with van der Waals surface area (Å²) in [6.07, 6.45) is 1.40. The lowest BCUT2D eigenvalue weighted by Crippen LogP contribution is -2.30. The second kappa shape index (κ2) is 5.14. The fourth-order valence-corrected chi connectivity index (χ4v) is 1.88. The third-order valence-corrected chi connectivity index (χ3v) is 2.91. The maximum Gasteiger partial charge on any atom is 0.263 e. The molecule has 0 atom stereocenters. The van der Waals surface area contributed by atoms with Gasteiger partial charge in [0.1, 0.15) is 0 Å². The van der Waals surface area contributed by atoms with E-state index >= 15 is 0 Å². The zero-order valence-corrected chi connectivity index (χ0v) is 10.6. The van der Waals surface area contributed by atoms with Gasteiger partial charge >= 0.3 is 0 Å². The minimum absolute atomic E-state index is 0.105. The van der Waals surface area contributed by atoms with Gasteiger partial charge in [0, 0.05) is 17.9 Å². The van der Waals surface area contributed by atoms with E-state index in [1.165, 1.54) is 6.26 Å². The van der Waals surface area contributed by atoms with Gasteiger partial charge in [0.2, 0.25) is 5.22 Å². The monoisotopic (exact) mass is 264 g/mol. The summed E-state index contributed by atoms with van der Waals surface area (Å²) in [5.74, 6) is -0.193. The molecule has 2 rings (SSSR count). The maximum absolute atomic E-state index is 12.3. The Morgan fingerprint density at radius 1 is 1.33 bits per heavy atom. The second-order valence-corrected chi connectivity index (χ2v) is 4.09. The van der Waals surface area contributed by atoms with Gasteiger partial charge in [-0.1, -0.05) is 0 Å². The van der Waals surface area contributed by atoms with Crippen molar-refractivity contribution in [2.45, 2.75) is 6.92 Å². The summed E-state index contributed by atoms with van der Waals surface area (Å²) in [7, 11) is 0. The number of anilines is 2. The average Bonchev–Trinajstić information content (AvgIpc) is 2.78. The Balaban J connectivity index is 2.32. The zero-order valence-electron chi connectivity index (χ0n) is 9.89. The van der Waals surface area contributed by atoms with Crippen LogP contribution in [-0.4, -0.2) is 12.5 Å². The quantitative estimate of drug-likeness (QED) is 0.866. The van der Waals surface area contributed by atoms with E-state index in [1.54, 1.807) is 35.2 Å². The van der Waals surface area contributed by atoms with E-state index in [4.69, 9.17) is 21.8 Å². The van der Waals surface area contributed by atoms with Gasteiger partial charge in [-0.05, 0) is 48.9 Å². The minimum atomic E-state index is -0.193. The highest BCUT2D eigenvalue weighted by molar-refractivity contribution is 6.32. The Bertz CT molecular complexity index is 548. The molecule has 4 nitrogen and oxygen atoms in total. The van der Waals surface area contributed by atoms with Crippen molar-refractivity contribution < 1.29 is 9.21 Å². The topological polar surface area (TPSA) is 59.5 Å². The van der Waals surface area contributed by atoms with Gasteiger partial charge in [-0.25, -0.2) is 0 Å². The molecule has 0 bridgehead atoms. The van der Waals surface area contributed by atoms with E-state index in [0.29, 0.717) is 17.8 Å². The van der Waals surface area contributed by atoms with Crippen molar-refractivity contribution in [1.82, 2.24) is 0 Å². The summed E-state index contributed by atoms with van der Waals surface area (Å²) in [5, 5.41) is 0.105. The van der Waals surface area contributed by atoms with Crippen LogP contribution in [0, 0.1) is 0 Å². The van der Waals surface area contributed by atoms with Crippen LogP contribution in [0.3, 0.4) is 0 Å². The van der Waals surface area contributed by atoms with Crippen molar-refractivity contribution in [3.8, 4) is 0 Å². The molecule has 0 fully saturated rings. The van der Waals surface area contributed by atoms with E-state index in [2.05, 4.69) is 0 Å². The van der Waals surface area contributed by atoms with Gasteiger partial charge < -0.3 is 15.1 Å². The maximum atomic E-state index is 12.3. The molecule has 0 unspecified atom stereocenters. The standard InChI is InChI=1S/C13H13ClN2O2/c1-2-16(10-5-3-9(15)4-6-10)13(17)11-7-8-18-12(11)14/h3-8H,2,15H2,1H3. The number of amides is 1. The summed E-state index contributed by atoms with van der Waals surface area (Å²) in [5.41, 5.74) is 7.41. The van der Waals surface area contributed by atoms with Crippen molar-refractivity contribution in [3.63, 3.8) is 0 Å². The smallest absolute Gasteiger partial charge is 0.263 e. The molecule has 0 aliphatic heterocycles. The van der Waals surface area contributed by atoms with E-state index in [-0.39, 0.29) is 11.1 Å². The lowest BCUT2D eigenvalue weighted by Gasteiger charge is -2.20. The van der Waals surface area contributed by atoms with Gasteiger partial charge in [-0.3, -0.25) is 4.79 Å². The van der Waals surface area contributed by atoms with Crippen LogP contribution in [0.4, 0.5) is 11.4 Å². The van der Waals surface area contributed by atoms with Crippen LogP contribution in [0.1, 0.15) is 17.3 Å². The molecule has 1 aromatic carbocycles. The third-order valence-electron chi connectivity index (χ3n) is 2.61. The molecule has 0 aliphatic rings.